The molecule has 190 valence electrons. The number of rotatable bonds is 8. The molecule has 1 aliphatic heterocycles. The van der Waals surface area contributed by atoms with Crippen molar-refractivity contribution in [2.24, 2.45) is 11.8 Å². The Morgan fingerprint density at radius 1 is 1.12 bits per heavy atom. The molecule has 0 spiro atoms. The molecular weight excluding hydrogens is 448 g/mol. The van der Waals surface area contributed by atoms with Gasteiger partial charge in [-0.1, -0.05) is 25.4 Å². The van der Waals surface area contributed by atoms with Crippen LogP contribution in [0.2, 0.25) is 5.02 Å². The number of nitrogens with one attached hydrogen (secondary N) is 2. The van der Waals surface area contributed by atoms with Gasteiger partial charge in [-0.15, -0.1) is 0 Å². The number of piperidine rings is 1. The predicted molar refractivity (Wildman–Crippen MR) is 141 cm³/mol. The summed E-state index contributed by atoms with van der Waals surface area (Å²) in [5.74, 6) is -0.0912. The molecule has 3 rings (SSSR count). The second-order valence-corrected chi connectivity index (χ2v) is 10.9. The van der Waals surface area contributed by atoms with E-state index in [-0.39, 0.29) is 29.7 Å². The van der Waals surface area contributed by atoms with E-state index in [0.29, 0.717) is 29.2 Å². The summed E-state index contributed by atoms with van der Waals surface area (Å²) >= 11 is 6.56. The number of hydrogen-bond donors (Lipinski definition) is 2. The van der Waals surface area contributed by atoms with Crippen molar-refractivity contribution in [1.29, 1.82) is 0 Å². The van der Waals surface area contributed by atoms with Crippen molar-refractivity contribution in [1.82, 2.24) is 15.5 Å². The topological polar surface area (TPSA) is 64.7 Å². The minimum absolute atomic E-state index is 0.0273. The van der Waals surface area contributed by atoms with Crippen LogP contribution in [-0.2, 0) is 11.2 Å². The highest BCUT2D eigenvalue weighted by molar-refractivity contribution is 6.31. The summed E-state index contributed by atoms with van der Waals surface area (Å²) in [6.45, 7) is 9.61. The van der Waals surface area contributed by atoms with Gasteiger partial charge in [-0.3, -0.25) is 9.59 Å². The Labute approximate surface area is 210 Å². The Balaban J connectivity index is 1.79. The number of nitrogens with zero attached hydrogens (tertiary/aromatic N) is 2. The Hall–Kier alpha value is -1.79. The van der Waals surface area contributed by atoms with E-state index in [4.69, 9.17) is 11.6 Å². The smallest absolute Gasteiger partial charge is 0.251 e. The van der Waals surface area contributed by atoms with Crippen LogP contribution in [0.3, 0.4) is 0 Å². The second-order valence-electron chi connectivity index (χ2n) is 10.5. The first kappa shape index (κ1) is 26.8. The van der Waals surface area contributed by atoms with Crippen LogP contribution in [0.4, 0.5) is 5.69 Å². The standard InChI is InChI=1S/C27H43ClN4O2/c1-7-22-23(26(33)29-16-24-17(3)13-18(4)30-27(24)34)14-19(28)15-25(22)32(8-2)21-11-9-20(10-12-21)31(5)6/h14-15,17-18,20-21,24H,7-13,16H2,1-6H3,(H,29,33)(H,30,34). The average Bonchev–Trinajstić information content (AvgIpc) is 2.78. The Bertz CT molecular complexity index is 866. The molecule has 2 amide bonds. The Morgan fingerprint density at radius 2 is 1.76 bits per heavy atom. The maximum atomic E-state index is 13.3. The summed E-state index contributed by atoms with van der Waals surface area (Å²) in [7, 11) is 4.33. The first-order valence-corrected chi connectivity index (χ1v) is 13.4. The highest BCUT2D eigenvalue weighted by Gasteiger charge is 2.33. The molecule has 6 nitrogen and oxygen atoms in total. The molecule has 2 fully saturated rings. The van der Waals surface area contributed by atoms with E-state index in [9.17, 15) is 9.59 Å². The van der Waals surface area contributed by atoms with Crippen molar-refractivity contribution >= 4 is 29.1 Å². The van der Waals surface area contributed by atoms with Gasteiger partial charge in [-0.2, -0.15) is 0 Å². The number of benzene rings is 1. The monoisotopic (exact) mass is 490 g/mol. The first-order chi connectivity index (χ1) is 16.2. The lowest BCUT2D eigenvalue weighted by atomic mass is 9.84. The molecule has 1 aromatic rings. The van der Waals surface area contributed by atoms with Gasteiger partial charge >= 0.3 is 0 Å². The number of carbonyl (C=O) groups excluding carboxylic acids is 2. The average molecular weight is 491 g/mol. The number of halogens is 1. The van der Waals surface area contributed by atoms with Crippen molar-refractivity contribution in [2.75, 3.05) is 32.1 Å². The highest BCUT2D eigenvalue weighted by Crippen LogP contribution is 2.35. The van der Waals surface area contributed by atoms with Gasteiger partial charge in [-0.05, 0) is 90.1 Å². The zero-order valence-corrected chi connectivity index (χ0v) is 22.5. The van der Waals surface area contributed by atoms with Gasteiger partial charge in [0.25, 0.3) is 5.91 Å². The summed E-state index contributed by atoms with van der Waals surface area (Å²) in [6.07, 6.45) is 6.32. The highest BCUT2D eigenvalue weighted by atomic mass is 35.5. The zero-order valence-electron chi connectivity index (χ0n) is 21.8. The van der Waals surface area contributed by atoms with E-state index in [2.05, 4.69) is 55.3 Å². The van der Waals surface area contributed by atoms with Gasteiger partial charge in [0.1, 0.15) is 0 Å². The molecule has 1 aromatic carbocycles. The summed E-state index contributed by atoms with van der Waals surface area (Å²) in [6, 6.07) is 5.09. The molecule has 0 radical (unpaired) electrons. The molecule has 3 atom stereocenters. The molecule has 2 N–H and O–H groups in total. The van der Waals surface area contributed by atoms with Crippen molar-refractivity contribution in [3.8, 4) is 0 Å². The minimum atomic E-state index is -0.206. The lowest BCUT2D eigenvalue weighted by Crippen LogP contribution is -2.50. The van der Waals surface area contributed by atoms with Crippen LogP contribution in [0.5, 0.6) is 0 Å². The van der Waals surface area contributed by atoms with Crippen molar-refractivity contribution < 1.29 is 9.59 Å². The third kappa shape index (κ3) is 6.06. The molecule has 0 bridgehead atoms. The first-order valence-electron chi connectivity index (χ1n) is 13.0. The maximum Gasteiger partial charge on any atom is 0.251 e. The van der Waals surface area contributed by atoms with Crippen molar-refractivity contribution in [3.05, 3.63) is 28.3 Å². The fourth-order valence-electron chi connectivity index (χ4n) is 5.95. The van der Waals surface area contributed by atoms with Crippen LogP contribution < -0.4 is 15.5 Å². The number of amides is 2. The van der Waals surface area contributed by atoms with Crippen LogP contribution in [0.25, 0.3) is 0 Å². The molecule has 2 aliphatic rings. The van der Waals surface area contributed by atoms with E-state index >= 15 is 0 Å². The summed E-state index contributed by atoms with van der Waals surface area (Å²) in [4.78, 5) is 30.6. The number of anilines is 1. The van der Waals surface area contributed by atoms with Gasteiger partial charge in [-0.25, -0.2) is 0 Å². The number of carbonyl (C=O) groups is 2. The normalized spacial score (nSPS) is 27.4. The molecule has 3 unspecified atom stereocenters. The van der Waals surface area contributed by atoms with Crippen LogP contribution in [-0.4, -0.2) is 62.0 Å². The molecule has 34 heavy (non-hydrogen) atoms. The molecule has 0 aromatic heterocycles. The Kier molecular flexibility index (Phi) is 9.27. The SMILES string of the molecule is CCc1c(C(=O)NCC2C(=O)NC(C)CC2C)cc(Cl)cc1N(CC)C1CCC(N(C)C)CC1. The van der Waals surface area contributed by atoms with E-state index in [1.54, 1.807) is 6.07 Å². The molecular formula is C27H43ClN4O2. The van der Waals surface area contributed by atoms with Crippen molar-refractivity contribution in [2.45, 2.75) is 84.3 Å². The zero-order chi connectivity index (χ0) is 25.0. The van der Waals surface area contributed by atoms with Gasteiger partial charge in [0.2, 0.25) is 5.91 Å². The predicted octanol–water partition coefficient (Wildman–Crippen LogP) is 4.49. The molecule has 1 heterocycles. The minimum Gasteiger partial charge on any atom is -0.369 e. The van der Waals surface area contributed by atoms with Crippen LogP contribution in [0.15, 0.2) is 12.1 Å². The van der Waals surface area contributed by atoms with Crippen LogP contribution in [0, 0.1) is 11.8 Å². The third-order valence-electron chi connectivity index (χ3n) is 7.90. The van der Waals surface area contributed by atoms with E-state index in [0.717, 1.165) is 43.5 Å². The summed E-state index contributed by atoms with van der Waals surface area (Å²) in [5, 5.41) is 6.64. The van der Waals surface area contributed by atoms with E-state index in [1.807, 2.05) is 13.0 Å². The van der Waals surface area contributed by atoms with Crippen LogP contribution in [0.1, 0.15) is 75.7 Å². The Morgan fingerprint density at radius 3 is 2.32 bits per heavy atom. The molecule has 1 saturated heterocycles. The van der Waals surface area contributed by atoms with Crippen molar-refractivity contribution in [3.63, 3.8) is 0 Å². The summed E-state index contributed by atoms with van der Waals surface area (Å²) < 4.78 is 0. The van der Waals surface area contributed by atoms with Gasteiger partial charge in [0, 0.05) is 47.5 Å². The van der Waals surface area contributed by atoms with Gasteiger partial charge in [0.15, 0.2) is 0 Å². The maximum absolute atomic E-state index is 13.3. The largest absolute Gasteiger partial charge is 0.369 e. The van der Waals surface area contributed by atoms with Crippen LogP contribution >= 0.6 is 11.6 Å². The fourth-order valence-corrected chi connectivity index (χ4v) is 6.16. The molecule has 1 aliphatic carbocycles. The molecule has 1 saturated carbocycles. The lowest BCUT2D eigenvalue weighted by molar-refractivity contribution is -0.129. The molecule has 7 heteroatoms. The summed E-state index contributed by atoms with van der Waals surface area (Å²) in [5.41, 5.74) is 2.74. The van der Waals surface area contributed by atoms with E-state index < -0.39 is 0 Å². The quantitative estimate of drug-likeness (QED) is 0.563. The fraction of sp³-hybridized carbons (Fsp3) is 0.704. The third-order valence-corrected chi connectivity index (χ3v) is 8.12. The second kappa shape index (κ2) is 11.8. The van der Waals surface area contributed by atoms with Gasteiger partial charge < -0.3 is 20.4 Å². The number of hydrogen-bond acceptors (Lipinski definition) is 4. The lowest BCUT2D eigenvalue weighted by Gasteiger charge is -2.40. The van der Waals surface area contributed by atoms with E-state index in [1.165, 1.54) is 12.8 Å². The van der Waals surface area contributed by atoms with Gasteiger partial charge in [0.05, 0.1) is 5.92 Å².